The fourth-order valence-corrected chi connectivity index (χ4v) is 5.42. The van der Waals surface area contributed by atoms with E-state index in [0.29, 0.717) is 44.4 Å². The number of rotatable bonds is 6. The Kier molecular flexibility index (Phi) is 5.41. The maximum atomic E-state index is 13.5. The first kappa shape index (κ1) is 22.2. The minimum absolute atomic E-state index is 0.169. The van der Waals surface area contributed by atoms with Crippen LogP contribution in [0.15, 0.2) is 82.7 Å². The summed E-state index contributed by atoms with van der Waals surface area (Å²) >= 11 is 1.38. The van der Waals surface area contributed by atoms with Crippen molar-refractivity contribution in [2.75, 3.05) is 12.3 Å². The summed E-state index contributed by atoms with van der Waals surface area (Å²) in [6, 6.07) is 22.1. The first-order valence-electron chi connectivity index (χ1n) is 11.6. The van der Waals surface area contributed by atoms with Gasteiger partial charge in [0.1, 0.15) is 0 Å². The van der Waals surface area contributed by atoms with Gasteiger partial charge in [0.2, 0.25) is 5.78 Å². The first-order chi connectivity index (χ1) is 17.6. The van der Waals surface area contributed by atoms with Crippen LogP contribution in [0.5, 0.6) is 0 Å². The number of amides is 2. The van der Waals surface area contributed by atoms with E-state index < -0.39 is 0 Å². The Labute approximate surface area is 210 Å². The van der Waals surface area contributed by atoms with Gasteiger partial charge < -0.3 is 0 Å². The summed E-state index contributed by atoms with van der Waals surface area (Å²) in [6.07, 6.45) is 0.904. The lowest BCUT2D eigenvalue weighted by molar-refractivity contribution is 0.0664. The number of carbonyl (C=O) groups is 2. The van der Waals surface area contributed by atoms with Crippen LogP contribution < -0.4 is 5.56 Å². The van der Waals surface area contributed by atoms with E-state index in [9.17, 15) is 14.4 Å². The van der Waals surface area contributed by atoms with Gasteiger partial charge in [-0.1, -0.05) is 55.1 Å². The van der Waals surface area contributed by atoms with Crippen LogP contribution in [0, 0.1) is 0 Å². The van der Waals surface area contributed by atoms with Crippen molar-refractivity contribution in [1.29, 1.82) is 0 Å². The molecule has 1 aliphatic heterocycles. The Balaban J connectivity index is 1.37. The monoisotopic (exact) mass is 495 g/mol. The van der Waals surface area contributed by atoms with E-state index in [0.717, 1.165) is 6.42 Å². The molecule has 0 saturated heterocycles. The molecular weight excluding hydrogens is 474 g/mol. The topological polar surface area (TPSA) is 89.6 Å². The predicted molar refractivity (Wildman–Crippen MR) is 138 cm³/mol. The molecule has 3 aromatic carbocycles. The summed E-state index contributed by atoms with van der Waals surface area (Å²) in [5, 5.41) is 9.87. The molecule has 3 heterocycles. The van der Waals surface area contributed by atoms with Crippen LogP contribution in [0.4, 0.5) is 0 Å². The highest BCUT2D eigenvalue weighted by atomic mass is 32.2. The molecule has 8 nitrogen and oxygen atoms in total. The molecule has 2 aromatic heterocycles. The number of benzene rings is 3. The van der Waals surface area contributed by atoms with Crippen molar-refractivity contribution < 1.29 is 9.59 Å². The largest absolute Gasteiger partial charge is 0.273 e. The summed E-state index contributed by atoms with van der Waals surface area (Å²) in [6.45, 7) is 2.32. The van der Waals surface area contributed by atoms with Crippen molar-refractivity contribution in [2.45, 2.75) is 18.5 Å². The minimum Gasteiger partial charge on any atom is -0.273 e. The summed E-state index contributed by atoms with van der Waals surface area (Å²) in [4.78, 5) is 40.1. The molecule has 2 amide bonds. The lowest BCUT2D eigenvalue weighted by atomic mass is 10.1. The van der Waals surface area contributed by atoms with Crippen LogP contribution in [0.3, 0.4) is 0 Å². The van der Waals surface area contributed by atoms with Crippen molar-refractivity contribution in [3.63, 3.8) is 0 Å². The molecular formula is C27H21N5O3S. The van der Waals surface area contributed by atoms with Crippen molar-refractivity contribution in [1.82, 2.24) is 24.1 Å². The number of para-hydroxylation sites is 1. The number of hydrogen-bond donors (Lipinski definition) is 0. The van der Waals surface area contributed by atoms with Crippen molar-refractivity contribution in [3.05, 3.63) is 99.8 Å². The van der Waals surface area contributed by atoms with Crippen LogP contribution in [-0.4, -0.2) is 48.2 Å². The Hall–Kier alpha value is -4.24. The van der Waals surface area contributed by atoms with Gasteiger partial charge in [-0.05, 0) is 48.4 Å². The van der Waals surface area contributed by atoms with Crippen LogP contribution in [-0.2, 0) is 6.42 Å². The van der Waals surface area contributed by atoms with E-state index in [-0.39, 0.29) is 23.9 Å². The highest BCUT2D eigenvalue weighted by molar-refractivity contribution is 7.99. The molecule has 0 aliphatic carbocycles. The summed E-state index contributed by atoms with van der Waals surface area (Å²) in [7, 11) is 0. The molecule has 1 aliphatic rings. The second kappa shape index (κ2) is 8.76. The standard InChI is InChI=1S/C27H21N5O3S/c1-2-17-11-13-18(14-12-17)31-25(35)21-9-5-6-10-22(21)32-26(31)28-29-27(32)36-16-15-30-23(33)19-7-3-4-8-20(19)24(30)34/h3-14H,2,15-16H2,1H3. The lowest BCUT2D eigenvalue weighted by Crippen LogP contribution is -2.31. The van der Waals surface area contributed by atoms with E-state index in [4.69, 9.17) is 0 Å². The summed E-state index contributed by atoms with van der Waals surface area (Å²) in [5.74, 6) is 0.283. The normalized spacial score (nSPS) is 13.2. The molecule has 5 aromatic rings. The average molecular weight is 496 g/mol. The van der Waals surface area contributed by atoms with E-state index in [2.05, 4.69) is 17.1 Å². The molecule has 0 spiro atoms. The molecule has 0 unspecified atom stereocenters. The zero-order valence-electron chi connectivity index (χ0n) is 19.4. The van der Waals surface area contributed by atoms with Crippen molar-refractivity contribution in [2.24, 2.45) is 0 Å². The van der Waals surface area contributed by atoms with Crippen LogP contribution in [0.25, 0.3) is 22.4 Å². The van der Waals surface area contributed by atoms with Gasteiger partial charge in [0.05, 0.1) is 27.7 Å². The van der Waals surface area contributed by atoms with Crippen LogP contribution in [0.2, 0.25) is 0 Å². The Morgan fingerprint density at radius 1 is 0.806 bits per heavy atom. The number of nitrogens with zero attached hydrogens (tertiary/aromatic N) is 5. The molecule has 0 atom stereocenters. The smallest absolute Gasteiger partial charge is 0.267 e. The molecule has 0 bridgehead atoms. The van der Waals surface area contributed by atoms with Gasteiger partial charge in [0, 0.05) is 12.3 Å². The van der Waals surface area contributed by atoms with Gasteiger partial charge in [-0.3, -0.25) is 23.7 Å². The first-order valence-corrected chi connectivity index (χ1v) is 12.6. The van der Waals surface area contributed by atoms with Gasteiger partial charge in [0.15, 0.2) is 5.16 Å². The fourth-order valence-electron chi connectivity index (χ4n) is 4.56. The average Bonchev–Trinajstić information content (AvgIpc) is 3.44. The Bertz CT molecular complexity index is 1690. The lowest BCUT2D eigenvalue weighted by Gasteiger charge is -2.14. The number of carbonyl (C=O) groups excluding carboxylic acids is 2. The van der Waals surface area contributed by atoms with Crippen molar-refractivity contribution in [3.8, 4) is 5.69 Å². The number of thioether (sulfide) groups is 1. The van der Waals surface area contributed by atoms with Gasteiger partial charge in [-0.15, -0.1) is 10.2 Å². The minimum atomic E-state index is -0.280. The zero-order valence-corrected chi connectivity index (χ0v) is 20.2. The van der Waals surface area contributed by atoms with Crippen LogP contribution >= 0.6 is 11.8 Å². The number of imide groups is 1. The highest BCUT2D eigenvalue weighted by Crippen LogP contribution is 2.26. The molecule has 0 N–H and O–H groups in total. The van der Waals surface area contributed by atoms with Gasteiger partial charge in [-0.2, -0.15) is 0 Å². The Morgan fingerprint density at radius 3 is 2.17 bits per heavy atom. The van der Waals surface area contributed by atoms with E-state index in [1.165, 1.54) is 22.2 Å². The van der Waals surface area contributed by atoms with E-state index in [1.807, 2.05) is 46.9 Å². The summed E-state index contributed by atoms with van der Waals surface area (Å²) in [5.41, 5.74) is 3.29. The molecule has 36 heavy (non-hydrogen) atoms. The number of fused-ring (bicyclic) bond motifs is 4. The molecule has 0 saturated carbocycles. The third-order valence-corrected chi connectivity index (χ3v) is 7.33. The third kappa shape index (κ3) is 3.43. The van der Waals surface area contributed by atoms with Gasteiger partial charge >= 0.3 is 0 Å². The number of aryl methyl sites for hydroxylation is 1. The van der Waals surface area contributed by atoms with E-state index >= 15 is 0 Å². The SMILES string of the molecule is CCc1ccc(-n2c(=O)c3ccccc3n3c(SCCN4C(=O)c5ccccc5C4=O)nnc23)cc1. The van der Waals surface area contributed by atoms with Gasteiger partial charge in [-0.25, -0.2) is 4.57 Å². The number of aromatic nitrogens is 4. The Morgan fingerprint density at radius 2 is 1.47 bits per heavy atom. The molecule has 0 radical (unpaired) electrons. The fraction of sp³-hybridized carbons (Fsp3) is 0.148. The number of hydrogen-bond acceptors (Lipinski definition) is 6. The zero-order chi connectivity index (χ0) is 24.8. The molecule has 178 valence electrons. The van der Waals surface area contributed by atoms with Gasteiger partial charge in [0.25, 0.3) is 17.4 Å². The third-order valence-electron chi connectivity index (χ3n) is 6.42. The molecule has 0 fully saturated rings. The maximum absolute atomic E-state index is 13.5. The quantitative estimate of drug-likeness (QED) is 0.261. The second-order valence-electron chi connectivity index (χ2n) is 8.45. The van der Waals surface area contributed by atoms with Crippen LogP contribution in [0.1, 0.15) is 33.2 Å². The predicted octanol–water partition coefficient (Wildman–Crippen LogP) is 3.98. The summed E-state index contributed by atoms with van der Waals surface area (Å²) < 4.78 is 3.43. The van der Waals surface area contributed by atoms with Crippen molar-refractivity contribution >= 4 is 40.3 Å². The second-order valence-corrected chi connectivity index (χ2v) is 9.51. The molecule has 6 rings (SSSR count). The highest BCUT2D eigenvalue weighted by Gasteiger charge is 2.34. The maximum Gasteiger partial charge on any atom is 0.267 e. The van der Waals surface area contributed by atoms with E-state index in [1.54, 1.807) is 34.9 Å². The molecule has 9 heteroatoms.